The summed E-state index contributed by atoms with van der Waals surface area (Å²) in [7, 11) is 0. The number of anilines is 1. The first-order chi connectivity index (χ1) is 13.1. The number of amides is 2. The number of carbonyl (C=O) groups excluding carboxylic acids is 2. The Morgan fingerprint density at radius 3 is 2.56 bits per heavy atom. The summed E-state index contributed by atoms with van der Waals surface area (Å²) >= 11 is 0. The molecule has 2 amide bonds. The van der Waals surface area contributed by atoms with Crippen LogP contribution in [0.5, 0.6) is 0 Å². The summed E-state index contributed by atoms with van der Waals surface area (Å²) in [5, 5.41) is 12.7. The lowest BCUT2D eigenvalue weighted by atomic mass is 9.95. The van der Waals surface area contributed by atoms with Crippen LogP contribution in [-0.2, 0) is 4.79 Å². The van der Waals surface area contributed by atoms with E-state index < -0.39 is 0 Å². The first-order valence-corrected chi connectivity index (χ1v) is 10.2. The molecule has 1 aromatic carbocycles. The van der Waals surface area contributed by atoms with Gasteiger partial charge in [0.2, 0.25) is 5.91 Å². The Balaban J connectivity index is 1.48. The van der Waals surface area contributed by atoms with Crippen molar-refractivity contribution in [2.45, 2.75) is 57.9 Å². The van der Waals surface area contributed by atoms with Gasteiger partial charge in [0, 0.05) is 43.9 Å². The van der Waals surface area contributed by atoms with Gasteiger partial charge in [-0.3, -0.25) is 9.59 Å². The topological polar surface area (TPSA) is 82.3 Å². The monoisotopic (exact) mass is 374 g/mol. The van der Waals surface area contributed by atoms with Gasteiger partial charge in [0.25, 0.3) is 5.91 Å². The molecule has 1 aliphatic rings. The van der Waals surface area contributed by atoms with Gasteiger partial charge in [-0.1, -0.05) is 25.3 Å². The Hall–Kier alpha value is -1.92. The Kier molecular flexibility index (Phi) is 9.87. The van der Waals surface area contributed by atoms with Crippen molar-refractivity contribution in [3.05, 3.63) is 29.8 Å². The van der Waals surface area contributed by atoms with Crippen LogP contribution in [0.1, 0.15) is 62.2 Å². The maximum Gasteiger partial charge on any atom is 0.251 e. The molecule has 4 N–H and O–H groups in total. The molecule has 0 bridgehead atoms. The molecule has 0 heterocycles. The summed E-state index contributed by atoms with van der Waals surface area (Å²) in [4.78, 5) is 23.3. The Bertz CT molecular complexity index is 585. The molecule has 0 unspecified atom stereocenters. The van der Waals surface area contributed by atoms with Crippen molar-refractivity contribution < 1.29 is 9.59 Å². The molecular formula is C21H34N4O2. The van der Waals surface area contributed by atoms with Crippen molar-refractivity contribution in [3.8, 4) is 0 Å². The molecule has 6 nitrogen and oxygen atoms in total. The van der Waals surface area contributed by atoms with Crippen LogP contribution in [0.2, 0.25) is 0 Å². The van der Waals surface area contributed by atoms with Gasteiger partial charge >= 0.3 is 0 Å². The smallest absolute Gasteiger partial charge is 0.251 e. The van der Waals surface area contributed by atoms with Crippen molar-refractivity contribution in [1.29, 1.82) is 0 Å². The second-order valence-electron chi connectivity index (χ2n) is 7.26. The predicted molar refractivity (Wildman–Crippen MR) is 110 cm³/mol. The fraction of sp³-hybridized carbons (Fsp3) is 0.619. The van der Waals surface area contributed by atoms with Crippen LogP contribution in [0.25, 0.3) is 0 Å². The van der Waals surface area contributed by atoms with E-state index in [0.717, 1.165) is 38.5 Å². The van der Waals surface area contributed by atoms with Gasteiger partial charge in [0.1, 0.15) is 0 Å². The summed E-state index contributed by atoms with van der Waals surface area (Å²) in [6, 6.07) is 7.71. The van der Waals surface area contributed by atoms with Gasteiger partial charge in [-0.25, -0.2) is 0 Å². The summed E-state index contributed by atoms with van der Waals surface area (Å²) < 4.78 is 0. The summed E-state index contributed by atoms with van der Waals surface area (Å²) in [6.45, 7) is 5.11. The Morgan fingerprint density at radius 2 is 1.78 bits per heavy atom. The minimum absolute atomic E-state index is 0.105. The average Bonchev–Trinajstić information content (AvgIpc) is 2.67. The zero-order chi connectivity index (χ0) is 19.3. The van der Waals surface area contributed by atoms with Crippen LogP contribution in [0.3, 0.4) is 0 Å². The van der Waals surface area contributed by atoms with E-state index in [1.54, 1.807) is 24.3 Å². The number of rotatable bonds is 11. The molecule has 1 saturated carbocycles. The van der Waals surface area contributed by atoms with E-state index in [2.05, 4.69) is 21.3 Å². The molecule has 1 aromatic rings. The van der Waals surface area contributed by atoms with Gasteiger partial charge in [-0.05, 0) is 50.4 Å². The fourth-order valence-corrected chi connectivity index (χ4v) is 3.42. The lowest BCUT2D eigenvalue weighted by molar-refractivity contribution is -0.114. The highest BCUT2D eigenvalue weighted by Gasteiger charge is 2.11. The fourth-order valence-electron chi connectivity index (χ4n) is 3.42. The molecule has 0 atom stereocenters. The van der Waals surface area contributed by atoms with Crippen molar-refractivity contribution in [1.82, 2.24) is 16.0 Å². The molecule has 1 aliphatic carbocycles. The van der Waals surface area contributed by atoms with E-state index >= 15 is 0 Å². The molecule has 2 rings (SSSR count). The molecule has 0 radical (unpaired) electrons. The molecule has 0 aromatic heterocycles. The third kappa shape index (κ3) is 9.02. The highest BCUT2D eigenvalue weighted by molar-refractivity contribution is 5.96. The highest BCUT2D eigenvalue weighted by atomic mass is 16.2. The minimum atomic E-state index is -0.144. The van der Waals surface area contributed by atoms with E-state index in [9.17, 15) is 9.59 Å². The zero-order valence-corrected chi connectivity index (χ0v) is 16.5. The summed E-state index contributed by atoms with van der Waals surface area (Å²) in [5.74, 6) is -0.249. The molecule has 0 spiro atoms. The van der Waals surface area contributed by atoms with Gasteiger partial charge in [0.05, 0.1) is 0 Å². The van der Waals surface area contributed by atoms with Crippen LogP contribution < -0.4 is 21.3 Å². The number of unbranched alkanes of at least 4 members (excludes halogenated alkanes) is 1. The third-order valence-electron chi connectivity index (χ3n) is 4.85. The molecule has 6 heteroatoms. The number of benzene rings is 1. The predicted octanol–water partition coefficient (Wildman–Crippen LogP) is 2.67. The van der Waals surface area contributed by atoms with Crippen molar-refractivity contribution in [2.24, 2.45) is 0 Å². The van der Waals surface area contributed by atoms with Crippen molar-refractivity contribution in [2.75, 3.05) is 31.5 Å². The summed E-state index contributed by atoms with van der Waals surface area (Å²) in [5.41, 5.74) is 1.20. The first kappa shape index (κ1) is 21.4. The largest absolute Gasteiger partial charge is 0.352 e. The van der Waals surface area contributed by atoms with Gasteiger partial charge in [-0.2, -0.15) is 0 Å². The maximum absolute atomic E-state index is 12.2. The lowest BCUT2D eigenvalue weighted by Gasteiger charge is -2.22. The van der Waals surface area contributed by atoms with Crippen molar-refractivity contribution >= 4 is 17.5 Å². The molecule has 150 valence electrons. The number of hydrogen-bond acceptors (Lipinski definition) is 4. The number of carbonyl (C=O) groups is 2. The molecule has 0 saturated heterocycles. The zero-order valence-electron chi connectivity index (χ0n) is 16.5. The highest BCUT2D eigenvalue weighted by Crippen LogP contribution is 2.16. The molecular weight excluding hydrogens is 340 g/mol. The van der Waals surface area contributed by atoms with E-state index in [0.29, 0.717) is 17.8 Å². The Morgan fingerprint density at radius 1 is 1.00 bits per heavy atom. The lowest BCUT2D eigenvalue weighted by Crippen LogP contribution is -2.36. The average molecular weight is 375 g/mol. The van der Waals surface area contributed by atoms with Crippen LogP contribution in [0.15, 0.2) is 24.3 Å². The van der Waals surface area contributed by atoms with Gasteiger partial charge < -0.3 is 21.3 Å². The van der Waals surface area contributed by atoms with E-state index in [-0.39, 0.29) is 11.8 Å². The second kappa shape index (κ2) is 12.5. The van der Waals surface area contributed by atoms with E-state index in [4.69, 9.17) is 0 Å². The number of nitrogens with one attached hydrogen (secondary N) is 4. The van der Waals surface area contributed by atoms with Crippen molar-refractivity contribution in [3.63, 3.8) is 0 Å². The van der Waals surface area contributed by atoms with E-state index in [1.165, 1.54) is 39.0 Å². The molecule has 0 aliphatic heterocycles. The van der Waals surface area contributed by atoms with E-state index in [1.807, 2.05) is 0 Å². The molecule has 1 fully saturated rings. The second-order valence-corrected chi connectivity index (χ2v) is 7.26. The Labute approximate surface area is 162 Å². The normalized spacial score (nSPS) is 14.7. The van der Waals surface area contributed by atoms with Gasteiger partial charge in [-0.15, -0.1) is 0 Å². The van der Waals surface area contributed by atoms with Gasteiger partial charge in [0.15, 0.2) is 0 Å². The van der Waals surface area contributed by atoms with Crippen LogP contribution in [-0.4, -0.2) is 44.0 Å². The number of hydrogen-bond donors (Lipinski definition) is 4. The maximum atomic E-state index is 12.2. The van der Waals surface area contributed by atoms with Crippen LogP contribution in [0.4, 0.5) is 5.69 Å². The SMILES string of the molecule is CC(=O)Nc1cccc(C(=O)NCCCCNCCNC2CCCCC2)c1. The minimum Gasteiger partial charge on any atom is -0.352 e. The summed E-state index contributed by atoms with van der Waals surface area (Å²) in [6.07, 6.45) is 8.77. The third-order valence-corrected chi connectivity index (χ3v) is 4.85. The first-order valence-electron chi connectivity index (χ1n) is 10.2. The standard InChI is InChI=1S/C21H34N4O2/c1-17(26)25-20-11-7-8-18(16-20)21(27)24-13-6-5-12-22-14-15-23-19-9-3-2-4-10-19/h7-8,11,16,19,22-23H,2-6,9-10,12-15H2,1H3,(H,24,27)(H,25,26). The quantitative estimate of drug-likeness (QED) is 0.449. The van der Waals surface area contributed by atoms with Crippen LogP contribution in [0, 0.1) is 0 Å². The van der Waals surface area contributed by atoms with Crippen LogP contribution >= 0.6 is 0 Å². The molecule has 27 heavy (non-hydrogen) atoms.